The van der Waals surface area contributed by atoms with Crippen molar-refractivity contribution in [3.8, 4) is 5.75 Å². The Morgan fingerprint density at radius 3 is 2.29 bits per heavy atom. The zero-order valence-corrected chi connectivity index (χ0v) is 20.4. The molecule has 35 heavy (non-hydrogen) atoms. The number of benzene rings is 3. The van der Waals surface area contributed by atoms with E-state index in [1.54, 1.807) is 0 Å². The molecule has 1 saturated heterocycles. The van der Waals surface area contributed by atoms with E-state index in [-0.39, 0.29) is 11.5 Å². The second kappa shape index (κ2) is 8.94. The van der Waals surface area contributed by atoms with Gasteiger partial charge in [-0.05, 0) is 41.5 Å². The Bertz CT molecular complexity index is 1250. The molecule has 0 bridgehead atoms. The monoisotopic (exact) mass is 464 g/mol. The van der Waals surface area contributed by atoms with Gasteiger partial charge in [0.2, 0.25) is 0 Å². The van der Waals surface area contributed by atoms with Crippen molar-refractivity contribution in [2.75, 3.05) is 29.8 Å². The number of allylic oxidation sites excluding steroid dienone is 2. The second-order valence-electron chi connectivity index (χ2n) is 10.2. The van der Waals surface area contributed by atoms with Gasteiger partial charge in [0.15, 0.2) is 6.73 Å². The summed E-state index contributed by atoms with van der Waals surface area (Å²) in [5.41, 5.74) is 6.05. The Labute approximate surface area is 208 Å². The van der Waals surface area contributed by atoms with Crippen molar-refractivity contribution in [1.82, 2.24) is 0 Å². The third kappa shape index (κ3) is 4.23. The number of ether oxygens (including phenoxy) is 2. The van der Waals surface area contributed by atoms with Crippen molar-refractivity contribution in [1.29, 1.82) is 0 Å². The quantitative estimate of drug-likeness (QED) is 0.453. The van der Waals surface area contributed by atoms with E-state index in [4.69, 9.17) is 9.47 Å². The summed E-state index contributed by atoms with van der Waals surface area (Å²) in [5, 5.41) is 0. The Balaban J connectivity index is 1.18. The third-order valence-corrected chi connectivity index (χ3v) is 7.63. The van der Waals surface area contributed by atoms with Gasteiger partial charge in [0, 0.05) is 41.4 Å². The van der Waals surface area contributed by atoms with Crippen LogP contribution < -0.4 is 14.5 Å². The molecule has 1 fully saturated rings. The molecule has 178 valence electrons. The Hall–Kier alpha value is -3.50. The topological polar surface area (TPSA) is 24.9 Å². The fourth-order valence-corrected chi connectivity index (χ4v) is 5.33. The minimum absolute atomic E-state index is 0.113. The van der Waals surface area contributed by atoms with Crippen LogP contribution in [0.4, 0.5) is 11.4 Å². The molecule has 6 rings (SSSR count). The van der Waals surface area contributed by atoms with Crippen LogP contribution in [0.1, 0.15) is 25.0 Å². The minimum atomic E-state index is -0.143. The van der Waals surface area contributed by atoms with E-state index in [2.05, 4.69) is 115 Å². The van der Waals surface area contributed by atoms with E-state index in [1.807, 2.05) is 6.07 Å². The highest BCUT2D eigenvalue weighted by molar-refractivity contribution is 5.53. The first kappa shape index (κ1) is 22.0. The van der Waals surface area contributed by atoms with Gasteiger partial charge in [-0.15, -0.1) is 0 Å². The summed E-state index contributed by atoms with van der Waals surface area (Å²) >= 11 is 0. The van der Waals surface area contributed by atoms with Crippen LogP contribution >= 0.6 is 0 Å². The highest BCUT2D eigenvalue weighted by atomic mass is 16.5. The van der Waals surface area contributed by atoms with Crippen LogP contribution in [0, 0.1) is 5.92 Å². The summed E-state index contributed by atoms with van der Waals surface area (Å²) in [6.07, 6.45) is 7.09. The highest BCUT2D eigenvalue weighted by Gasteiger charge is 2.34. The summed E-state index contributed by atoms with van der Waals surface area (Å²) in [5.74, 6) is 1.35. The van der Waals surface area contributed by atoms with Gasteiger partial charge >= 0.3 is 0 Å². The maximum absolute atomic E-state index is 6.32. The number of rotatable bonds is 4. The Kier molecular flexibility index (Phi) is 5.62. The van der Waals surface area contributed by atoms with Crippen LogP contribution in [0.3, 0.4) is 0 Å². The lowest BCUT2D eigenvalue weighted by Crippen LogP contribution is -2.45. The summed E-state index contributed by atoms with van der Waals surface area (Å²) in [6.45, 7) is 7.61. The van der Waals surface area contributed by atoms with Crippen molar-refractivity contribution in [3.05, 3.63) is 114 Å². The van der Waals surface area contributed by atoms with Crippen molar-refractivity contribution >= 4 is 11.4 Å². The molecular formula is C31H32N2O2. The van der Waals surface area contributed by atoms with Crippen molar-refractivity contribution < 1.29 is 9.47 Å². The average molecular weight is 465 g/mol. The summed E-state index contributed by atoms with van der Waals surface area (Å²) in [7, 11) is 0. The molecule has 4 nitrogen and oxygen atoms in total. The number of hydrogen-bond acceptors (Lipinski definition) is 4. The largest absolute Gasteiger partial charge is 0.473 e. The number of fused-ring (bicyclic) bond motifs is 2. The lowest BCUT2D eigenvalue weighted by atomic mass is 9.74. The molecule has 3 aromatic rings. The molecule has 3 aromatic carbocycles. The zero-order chi connectivity index (χ0) is 23.8. The van der Waals surface area contributed by atoms with Gasteiger partial charge in [-0.2, -0.15) is 0 Å². The van der Waals surface area contributed by atoms with Crippen LogP contribution in [0.25, 0.3) is 0 Å². The summed E-state index contributed by atoms with van der Waals surface area (Å²) in [4.78, 5) is 4.58. The molecule has 3 aliphatic rings. The summed E-state index contributed by atoms with van der Waals surface area (Å²) in [6, 6.07) is 27.7. The van der Waals surface area contributed by atoms with Gasteiger partial charge < -0.3 is 19.3 Å². The van der Waals surface area contributed by atoms with Crippen LogP contribution in [0.2, 0.25) is 0 Å². The number of hydrogen-bond donors (Lipinski definition) is 0. The molecule has 0 radical (unpaired) electrons. The fraction of sp³-hybridized carbons (Fsp3) is 0.290. The van der Waals surface area contributed by atoms with Gasteiger partial charge in [0.1, 0.15) is 12.5 Å². The minimum Gasteiger partial charge on any atom is -0.473 e. The molecule has 0 amide bonds. The van der Waals surface area contributed by atoms with Gasteiger partial charge in [0.25, 0.3) is 0 Å². The van der Waals surface area contributed by atoms with Crippen LogP contribution in [0.15, 0.2) is 103 Å². The average Bonchev–Trinajstić information content (AvgIpc) is 2.93. The van der Waals surface area contributed by atoms with Crippen LogP contribution in [0.5, 0.6) is 5.75 Å². The van der Waals surface area contributed by atoms with Crippen LogP contribution in [-0.4, -0.2) is 26.1 Å². The van der Waals surface area contributed by atoms with E-state index in [9.17, 15) is 0 Å². The van der Waals surface area contributed by atoms with Crippen molar-refractivity contribution in [2.24, 2.45) is 5.92 Å². The smallest absolute Gasteiger partial charge is 0.161 e. The number of anilines is 2. The predicted octanol–water partition coefficient (Wildman–Crippen LogP) is 6.30. The molecule has 0 spiro atoms. The van der Waals surface area contributed by atoms with E-state index in [0.29, 0.717) is 19.4 Å². The third-order valence-electron chi connectivity index (χ3n) is 7.63. The first-order valence-corrected chi connectivity index (χ1v) is 12.5. The fourth-order valence-electron chi connectivity index (χ4n) is 5.33. The molecule has 4 heteroatoms. The molecule has 2 aliphatic heterocycles. The molecule has 0 N–H and O–H groups in total. The molecule has 2 unspecified atom stereocenters. The van der Waals surface area contributed by atoms with E-state index >= 15 is 0 Å². The number of para-hydroxylation sites is 2. The van der Waals surface area contributed by atoms with E-state index < -0.39 is 0 Å². The predicted molar refractivity (Wildman–Crippen MR) is 142 cm³/mol. The highest BCUT2D eigenvalue weighted by Crippen LogP contribution is 2.40. The molecule has 0 saturated carbocycles. The SMILES string of the molecule is CC(C)(C1=CC2OCN(c3ccccc3)CC2C=C1)c1ccc2c(c1)OCN(c1ccccc1)C2. The van der Waals surface area contributed by atoms with Crippen LogP contribution in [-0.2, 0) is 16.7 Å². The van der Waals surface area contributed by atoms with Crippen molar-refractivity contribution in [3.63, 3.8) is 0 Å². The molecule has 2 heterocycles. The van der Waals surface area contributed by atoms with Gasteiger partial charge in [0.05, 0.1) is 6.10 Å². The normalized spacial score (nSPS) is 21.6. The molecule has 1 aliphatic carbocycles. The standard InChI is InChI=1S/C31H32N2O2/c1-31(2,25-15-13-23-19-32(21-34-29(23)17-25)27-9-5-3-6-10-27)26-16-14-24-20-33(22-35-30(24)18-26)28-11-7-4-8-12-28/h3-18,23,29H,19-22H2,1-2H3. The van der Waals surface area contributed by atoms with Gasteiger partial charge in [-0.1, -0.05) is 80.6 Å². The zero-order valence-electron chi connectivity index (χ0n) is 20.4. The molecule has 2 atom stereocenters. The van der Waals surface area contributed by atoms with Gasteiger partial charge in [-0.25, -0.2) is 0 Å². The molecular weight excluding hydrogens is 432 g/mol. The number of nitrogens with zero attached hydrogens (tertiary/aromatic N) is 2. The second-order valence-corrected chi connectivity index (χ2v) is 10.2. The molecule has 0 aromatic heterocycles. The maximum Gasteiger partial charge on any atom is 0.161 e. The lowest BCUT2D eigenvalue weighted by molar-refractivity contribution is 0.0289. The Morgan fingerprint density at radius 2 is 1.54 bits per heavy atom. The Morgan fingerprint density at radius 1 is 0.829 bits per heavy atom. The maximum atomic E-state index is 6.32. The van der Waals surface area contributed by atoms with E-state index in [0.717, 1.165) is 18.8 Å². The van der Waals surface area contributed by atoms with Gasteiger partial charge in [-0.3, -0.25) is 0 Å². The van der Waals surface area contributed by atoms with E-state index in [1.165, 1.54) is 28.1 Å². The lowest BCUT2D eigenvalue weighted by Gasteiger charge is -2.41. The summed E-state index contributed by atoms with van der Waals surface area (Å²) < 4.78 is 12.5. The first-order chi connectivity index (χ1) is 17.1. The first-order valence-electron chi connectivity index (χ1n) is 12.5. The van der Waals surface area contributed by atoms with Crippen molar-refractivity contribution in [2.45, 2.75) is 31.9 Å².